The van der Waals surface area contributed by atoms with Crippen molar-refractivity contribution in [3.8, 4) is 22.3 Å². The molecule has 0 aliphatic rings. The molecule has 0 aliphatic heterocycles. The molecule has 0 N–H and O–H groups in total. The summed E-state index contributed by atoms with van der Waals surface area (Å²) in [5.41, 5.74) is 7.14. The van der Waals surface area contributed by atoms with Crippen LogP contribution in [0.15, 0.2) is 145 Å². The molecule has 11 rings (SSSR count). The Morgan fingerprint density at radius 1 is 0.386 bits per heavy atom. The van der Waals surface area contributed by atoms with Gasteiger partial charge in [-0.2, -0.15) is 0 Å². The highest BCUT2D eigenvalue weighted by atomic mass is 14.9. The first-order chi connectivity index (χ1) is 26.0. The van der Waals surface area contributed by atoms with Gasteiger partial charge in [0.15, 0.2) is 0 Å². The minimum absolute atomic E-state index is 0.173. The Bertz CT molecular complexity index is 3220. The predicted molar refractivity (Wildman–Crippen MR) is 187 cm³/mol. The van der Waals surface area contributed by atoms with E-state index < -0.39 is 12.1 Å². The zero-order chi connectivity index (χ0) is 37.2. The van der Waals surface area contributed by atoms with Gasteiger partial charge in [0.1, 0.15) is 0 Å². The maximum absolute atomic E-state index is 8.77. The fourth-order valence-electron chi connectivity index (χ4n) is 7.73. The Balaban J connectivity index is 1.26. The van der Waals surface area contributed by atoms with Gasteiger partial charge in [0.2, 0.25) is 0 Å². The van der Waals surface area contributed by atoms with Crippen LogP contribution in [0.1, 0.15) is 13.7 Å². The summed E-state index contributed by atoms with van der Waals surface area (Å²) in [7, 11) is 0. The van der Waals surface area contributed by atoms with E-state index in [0.29, 0.717) is 11.1 Å². The number of aromatic nitrogens is 2. The summed E-state index contributed by atoms with van der Waals surface area (Å²) < 4.78 is 89.2. The van der Waals surface area contributed by atoms with E-state index in [1.807, 2.05) is 60.7 Å². The Morgan fingerprint density at radius 2 is 0.795 bits per heavy atom. The summed E-state index contributed by atoms with van der Waals surface area (Å²) in [4.78, 5) is 0. The maximum Gasteiger partial charge on any atom is 0.0629 e. The molecule has 44 heavy (non-hydrogen) atoms. The third-order valence-corrected chi connectivity index (χ3v) is 9.34. The van der Waals surface area contributed by atoms with Gasteiger partial charge in [-0.1, -0.05) is 121 Å². The van der Waals surface area contributed by atoms with Crippen molar-refractivity contribution in [2.75, 3.05) is 0 Å². The van der Waals surface area contributed by atoms with E-state index in [1.165, 1.54) is 0 Å². The molecular formula is C42H24N2. The number of nitrogens with zero attached hydrogens (tertiary/aromatic N) is 2. The molecule has 202 valence electrons. The van der Waals surface area contributed by atoms with Crippen molar-refractivity contribution in [1.29, 1.82) is 0 Å². The molecule has 0 aliphatic carbocycles. The first kappa shape index (κ1) is 15.6. The van der Waals surface area contributed by atoms with Gasteiger partial charge in [-0.15, -0.1) is 0 Å². The van der Waals surface area contributed by atoms with Gasteiger partial charge < -0.3 is 8.80 Å². The van der Waals surface area contributed by atoms with Crippen LogP contribution in [0.3, 0.4) is 0 Å². The van der Waals surface area contributed by atoms with Crippen LogP contribution in [0.5, 0.6) is 0 Å². The van der Waals surface area contributed by atoms with Gasteiger partial charge in [-0.05, 0) is 46.5 Å². The molecule has 4 aromatic heterocycles. The van der Waals surface area contributed by atoms with E-state index in [4.69, 9.17) is 13.7 Å². The van der Waals surface area contributed by atoms with Gasteiger partial charge in [-0.25, -0.2) is 0 Å². The van der Waals surface area contributed by atoms with E-state index in [0.717, 1.165) is 76.2 Å². The van der Waals surface area contributed by atoms with Gasteiger partial charge in [0.25, 0.3) is 0 Å². The number of hydrogen-bond donors (Lipinski definition) is 0. The zero-order valence-electron chi connectivity index (χ0n) is 33.0. The number of benzene rings is 7. The van der Waals surface area contributed by atoms with Gasteiger partial charge >= 0.3 is 0 Å². The average Bonchev–Trinajstić information content (AvgIpc) is 3.91. The molecule has 0 atom stereocenters. The van der Waals surface area contributed by atoms with Crippen molar-refractivity contribution >= 4 is 76.2 Å². The standard InChI is InChI=1S/C42H24N2/c1-3-11-25(12-4-1)27-15-9-21-35-39(27)31-19-7-17-29-33-24-38-34(23-37(33)43(35)41(29)31)30-18-8-20-32-40-28(26-13-5-2-6-14-26)16-10-22-36(40)44(38)42(30)32/h1-24H/i1D,2D,3D,4D,5D,6D,11D,12D,13D,14D. The SMILES string of the molecule is [2H]c1c([2H])c([2H])c(-c2cccc3c2c2cccc4c5cc6c(cc5n3c42)c2cccc3c4c(-c5c([2H])c([2H])c([2H])c([2H])c5[2H])cccc4n6c23)c([2H])c1[2H]. The summed E-state index contributed by atoms with van der Waals surface area (Å²) in [6.07, 6.45) is 0. The number of rotatable bonds is 2. The van der Waals surface area contributed by atoms with Crippen molar-refractivity contribution in [3.63, 3.8) is 0 Å². The molecule has 11 aromatic rings. The molecule has 0 bridgehead atoms. The van der Waals surface area contributed by atoms with Crippen molar-refractivity contribution in [2.45, 2.75) is 0 Å². The topological polar surface area (TPSA) is 8.82 Å². The minimum Gasteiger partial charge on any atom is -0.308 e. The monoisotopic (exact) mass is 566 g/mol. The van der Waals surface area contributed by atoms with E-state index in [1.54, 1.807) is 0 Å². The minimum atomic E-state index is -0.423. The Hall–Kier alpha value is -5.86. The van der Waals surface area contributed by atoms with E-state index in [-0.39, 0.29) is 59.5 Å². The third kappa shape index (κ3) is 2.63. The van der Waals surface area contributed by atoms with Crippen LogP contribution >= 0.6 is 0 Å². The molecule has 0 spiro atoms. The van der Waals surface area contributed by atoms with Gasteiger partial charge in [0, 0.05) is 43.1 Å². The molecule has 0 unspecified atom stereocenters. The van der Waals surface area contributed by atoms with Crippen LogP contribution in [0, 0.1) is 0 Å². The Kier molecular flexibility index (Phi) is 2.81. The lowest BCUT2D eigenvalue weighted by molar-refractivity contribution is 1.36. The molecule has 2 nitrogen and oxygen atoms in total. The molecule has 4 heterocycles. The van der Waals surface area contributed by atoms with Gasteiger partial charge in [-0.3, -0.25) is 0 Å². The molecule has 0 saturated heterocycles. The normalized spacial score (nSPS) is 15.7. The molecule has 0 radical (unpaired) electrons. The quantitative estimate of drug-likeness (QED) is 0.197. The predicted octanol–water partition coefficient (Wildman–Crippen LogP) is 11.3. The molecular weight excluding hydrogens is 532 g/mol. The molecule has 7 aromatic carbocycles. The highest BCUT2D eigenvalue weighted by Gasteiger charge is 2.23. The van der Waals surface area contributed by atoms with Crippen molar-refractivity contribution in [2.24, 2.45) is 0 Å². The molecule has 0 saturated carbocycles. The molecule has 2 heteroatoms. The fraction of sp³-hybridized carbons (Fsp3) is 0. The van der Waals surface area contributed by atoms with Crippen LogP contribution in [0.25, 0.3) is 98.4 Å². The second-order valence-electron chi connectivity index (χ2n) is 11.4. The molecule has 0 amide bonds. The second kappa shape index (κ2) is 7.94. The van der Waals surface area contributed by atoms with Crippen LogP contribution in [0.2, 0.25) is 0 Å². The Labute approximate surface area is 266 Å². The van der Waals surface area contributed by atoms with Crippen LogP contribution in [-0.2, 0) is 0 Å². The number of hydrogen-bond acceptors (Lipinski definition) is 0. The molecule has 0 fully saturated rings. The lowest BCUT2D eigenvalue weighted by Gasteiger charge is -2.07. The Morgan fingerprint density at radius 3 is 1.25 bits per heavy atom. The van der Waals surface area contributed by atoms with Crippen LogP contribution < -0.4 is 0 Å². The first-order valence-corrected chi connectivity index (χ1v) is 14.5. The van der Waals surface area contributed by atoms with Crippen molar-refractivity contribution < 1.29 is 13.7 Å². The fourth-order valence-corrected chi connectivity index (χ4v) is 7.73. The summed E-state index contributed by atoms with van der Waals surface area (Å²) in [6, 6.07) is 24.8. The number of fused-ring (bicyclic) bond motifs is 12. The highest BCUT2D eigenvalue weighted by molar-refractivity contribution is 6.30. The second-order valence-corrected chi connectivity index (χ2v) is 11.4. The number of para-hydroxylation sites is 2. The summed E-state index contributed by atoms with van der Waals surface area (Å²) >= 11 is 0. The largest absolute Gasteiger partial charge is 0.308 e. The van der Waals surface area contributed by atoms with Gasteiger partial charge in [0.05, 0.1) is 46.8 Å². The summed E-state index contributed by atoms with van der Waals surface area (Å²) in [5, 5.41) is 7.53. The van der Waals surface area contributed by atoms with Crippen LogP contribution in [0.4, 0.5) is 0 Å². The third-order valence-electron chi connectivity index (χ3n) is 9.34. The van der Waals surface area contributed by atoms with E-state index in [2.05, 4.69) is 33.1 Å². The lowest BCUT2D eigenvalue weighted by Crippen LogP contribution is -1.85. The lowest BCUT2D eigenvalue weighted by atomic mass is 9.98. The maximum atomic E-state index is 8.77. The smallest absolute Gasteiger partial charge is 0.0629 e. The first-order valence-electron chi connectivity index (χ1n) is 19.5. The zero-order valence-corrected chi connectivity index (χ0v) is 23.0. The van der Waals surface area contributed by atoms with E-state index in [9.17, 15) is 0 Å². The van der Waals surface area contributed by atoms with Crippen LogP contribution in [-0.4, -0.2) is 8.80 Å². The highest BCUT2D eigenvalue weighted by Crippen LogP contribution is 2.47. The summed E-state index contributed by atoms with van der Waals surface area (Å²) in [6.45, 7) is 0. The van der Waals surface area contributed by atoms with Crippen molar-refractivity contribution in [1.82, 2.24) is 8.80 Å². The van der Waals surface area contributed by atoms with E-state index >= 15 is 0 Å². The average molecular weight is 567 g/mol. The van der Waals surface area contributed by atoms with Crippen molar-refractivity contribution in [3.05, 3.63) is 145 Å². The summed E-state index contributed by atoms with van der Waals surface area (Å²) in [5.74, 6) is 0.